The second-order valence-electron chi connectivity index (χ2n) is 4.62. The lowest BCUT2D eigenvalue weighted by atomic mass is 10.2. The Balaban J connectivity index is 1.79. The van der Waals surface area contributed by atoms with Crippen LogP contribution in [0.5, 0.6) is 0 Å². The molecule has 0 aliphatic rings. The molecule has 0 amide bonds. The molecule has 4 nitrogen and oxygen atoms in total. The first-order chi connectivity index (χ1) is 11.0. The van der Waals surface area contributed by atoms with E-state index in [4.69, 9.17) is 4.74 Å². The Labute approximate surface area is 126 Å². The number of ether oxygens (including phenoxy) is 1. The first kappa shape index (κ1) is 15.0. The lowest BCUT2D eigenvalue weighted by Crippen LogP contribution is -2.11. The number of imidazole rings is 1. The van der Waals surface area contributed by atoms with Crippen LogP contribution in [-0.2, 0) is 11.3 Å². The van der Waals surface area contributed by atoms with Crippen molar-refractivity contribution in [1.82, 2.24) is 9.97 Å². The highest BCUT2D eigenvalue weighted by Crippen LogP contribution is 2.20. The van der Waals surface area contributed by atoms with Crippen molar-refractivity contribution in [2.24, 2.45) is 0 Å². The monoisotopic (exact) mass is 324 g/mol. The predicted octanol–water partition coefficient (Wildman–Crippen LogP) is 3.48. The number of carbonyl (C=O) groups is 1. The molecule has 118 valence electrons. The number of hydrogen-bond donors (Lipinski definition) is 1. The Morgan fingerprint density at radius 3 is 2.57 bits per heavy atom. The molecular formula is C15H8F4N2O2. The summed E-state index contributed by atoms with van der Waals surface area (Å²) in [7, 11) is 0. The zero-order valence-corrected chi connectivity index (χ0v) is 11.4. The highest BCUT2D eigenvalue weighted by atomic mass is 19.2. The molecule has 0 aliphatic heterocycles. The molecule has 0 saturated heterocycles. The normalized spacial score (nSPS) is 11.0. The highest BCUT2D eigenvalue weighted by Gasteiger charge is 2.24. The van der Waals surface area contributed by atoms with Crippen LogP contribution in [0.4, 0.5) is 17.6 Å². The number of hydrogen-bond acceptors (Lipinski definition) is 3. The summed E-state index contributed by atoms with van der Waals surface area (Å²) in [6.07, 6.45) is 0. The van der Waals surface area contributed by atoms with Crippen LogP contribution in [0.3, 0.4) is 0 Å². The van der Waals surface area contributed by atoms with E-state index in [0.29, 0.717) is 11.0 Å². The van der Waals surface area contributed by atoms with Crippen molar-refractivity contribution in [2.45, 2.75) is 6.61 Å². The highest BCUT2D eigenvalue weighted by molar-refractivity contribution is 5.89. The number of nitrogens with zero attached hydrogens (tertiary/aromatic N) is 1. The maximum Gasteiger partial charge on any atom is 0.341 e. The molecule has 23 heavy (non-hydrogen) atoms. The molecule has 0 fully saturated rings. The number of rotatable bonds is 3. The minimum atomic E-state index is -2.07. The average molecular weight is 324 g/mol. The lowest BCUT2D eigenvalue weighted by Gasteiger charge is -2.06. The fourth-order valence-electron chi connectivity index (χ4n) is 2.01. The minimum absolute atomic E-state index is 0.245. The summed E-state index contributed by atoms with van der Waals surface area (Å²) in [6.45, 7) is -0.367. The topological polar surface area (TPSA) is 55.0 Å². The summed E-state index contributed by atoms with van der Waals surface area (Å²) in [6, 6.07) is 7.25. The van der Waals surface area contributed by atoms with Gasteiger partial charge in [-0.25, -0.2) is 27.3 Å². The number of nitrogens with one attached hydrogen (secondary N) is 1. The predicted molar refractivity (Wildman–Crippen MR) is 71.5 cm³/mol. The van der Waals surface area contributed by atoms with Crippen LogP contribution in [0.2, 0.25) is 0 Å². The van der Waals surface area contributed by atoms with Gasteiger partial charge in [-0.1, -0.05) is 12.1 Å². The van der Waals surface area contributed by atoms with Gasteiger partial charge in [0.2, 0.25) is 0 Å². The Hall–Kier alpha value is -2.90. The van der Waals surface area contributed by atoms with Crippen LogP contribution >= 0.6 is 0 Å². The van der Waals surface area contributed by atoms with E-state index in [1.54, 1.807) is 24.3 Å². The number of aromatic nitrogens is 2. The molecular weight excluding hydrogens is 316 g/mol. The molecule has 8 heteroatoms. The van der Waals surface area contributed by atoms with Gasteiger partial charge in [0.25, 0.3) is 0 Å². The van der Waals surface area contributed by atoms with Crippen molar-refractivity contribution < 1.29 is 27.1 Å². The van der Waals surface area contributed by atoms with Gasteiger partial charge in [0.15, 0.2) is 23.3 Å². The number of esters is 1. The van der Waals surface area contributed by atoms with Crippen molar-refractivity contribution in [3.05, 3.63) is 65.0 Å². The lowest BCUT2D eigenvalue weighted by molar-refractivity contribution is 0.0455. The molecule has 1 aromatic heterocycles. The van der Waals surface area contributed by atoms with Crippen molar-refractivity contribution in [2.75, 3.05) is 0 Å². The summed E-state index contributed by atoms with van der Waals surface area (Å²) in [5.41, 5.74) is 0.296. The SMILES string of the molecule is O=C(OCc1nc2ccccc2[nH]1)c1cc(F)c(F)c(F)c1F. The van der Waals surface area contributed by atoms with E-state index in [-0.39, 0.29) is 18.5 Å². The third kappa shape index (κ3) is 2.75. The first-order valence-electron chi connectivity index (χ1n) is 6.41. The van der Waals surface area contributed by atoms with Gasteiger partial charge in [-0.2, -0.15) is 0 Å². The number of para-hydroxylation sites is 2. The van der Waals surface area contributed by atoms with Gasteiger partial charge in [0.1, 0.15) is 18.0 Å². The van der Waals surface area contributed by atoms with Crippen LogP contribution in [0.25, 0.3) is 11.0 Å². The van der Waals surface area contributed by atoms with Crippen LogP contribution in [0.1, 0.15) is 16.2 Å². The van der Waals surface area contributed by atoms with Crippen LogP contribution < -0.4 is 0 Å². The molecule has 0 saturated carbocycles. The zero-order valence-electron chi connectivity index (χ0n) is 11.4. The number of carbonyl (C=O) groups excluding carboxylic acids is 1. The largest absolute Gasteiger partial charge is 0.454 e. The average Bonchev–Trinajstić information content (AvgIpc) is 2.97. The van der Waals surface area contributed by atoms with E-state index in [1.165, 1.54) is 0 Å². The summed E-state index contributed by atoms with van der Waals surface area (Å²) in [4.78, 5) is 18.7. The molecule has 1 N–H and O–H groups in total. The Morgan fingerprint density at radius 1 is 1.09 bits per heavy atom. The fourth-order valence-corrected chi connectivity index (χ4v) is 2.01. The Morgan fingerprint density at radius 2 is 1.83 bits per heavy atom. The molecule has 0 aliphatic carbocycles. The molecule has 1 heterocycles. The second kappa shape index (κ2) is 5.71. The number of benzene rings is 2. The standard InChI is InChI=1S/C15H8F4N2O2/c16-8-5-7(12(17)14(19)13(8)18)15(22)23-6-11-20-9-3-1-2-4-10(9)21-11/h1-5H,6H2,(H,20,21). The summed E-state index contributed by atoms with van der Waals surface area (Å²) >= 11 is 0. The van der Waals surface area contributed by atoms with E-state index in [0.717, 1.165) is 0 Å². The third-order valence-electron chi connectivity index (χ3n) is 3.10. The van der Waals surface area contributed by atoms with Gasteiger partial charge in [0, 0.05) is 0 Å². The Kier molecular flexibility index (Phi) is 3.73. The van der Waals surface area contributed by atoms with Crippen molar-refractivity contribution in [1.29, 1.82) is 0 Å². The maximum atomic E-state index is 13.5. The molecule has 0 unspecified atom stereocenters. The third-order valence-corrected chi connectivity index (χ3v) is 3.10. The fraction of sp³-hybridized carbons (Fsp3) is 0.0667. The smallest absolute Gasteiger partial charge is 0.341 e. The first-order valence-corrected chi connectivity index (χ1v) is 6.41. The molecule has 0 radical (unpaired) electrons. The molecule has 0 bridgehead atoms. The van der Waals surface area contributed by atoms with E-state index in [2.05, 4.69) is 9.97 Å². The van der Waals surface area contributed by atoms with Gasteiger partial charge in [-0.05, 0) is 18.2 Å². The maximum absolute atomic E-state index is 13.5. The van der Waals surface area contributed by atoms with Gasteiger partial charge in [-0.3, -0.25) is 0 Å². The summed E-state index contributed by atoms with van der Waals surface area (Å²) < 4.78 is 57.2. The number of H-pyrrole nitrogens is 1. The number of aromatic amines is 1. The molecule has 3 rings (SSSR count). The molecule has 2 aromatic carbocycles. The van der Waals surface area contributed by atoms with Gasteiger partial charge < -0.3 is 9.72 Å². The number of halogens is 4. The van der Waals surface area contributed by atoms with Crippen LogP contribution in [0.15, 0.2) is 30.3 Å². The van der Waals surface area contributed by atoms with Crippen LogP contribution in [-0.4, -0.2) is 15.9 Å². The van der Waals surface area contributed by atoms with E-state index in [1.807, 2.05) is 0 Å². The van der Waals surface area contributed by atoms with Crippen LogP contribution in [0, 0.1) is 23.3 Å². The molecule has 0 spiro atoms. The quantitative estimate of drug-likeness (QED) is 0.347. The van der Waals surface area contributed by atoms with E-state index in [9.17, 15) is 22.4 Å². The van der Waals surface area contributed by atoms with Crippen molar-refractivity contribution >= 4 is 17.0 Å². The molecule has 0 atom stereocenters. The van der Waals surface area contributed by atoms with Crippen molar-refractivity contribution in [3.63, 3.8) is 0 Å². The van der Waals surface area contributed by atoms with E-state index >= 15 is 0 Å². The van der Waals surface area contributed by atoms with Gasteiger partial charge in [-0.15, -0.1) is 0 Å². The summed E-state index contributed by atoms with van der Waals surface area (Å²) in [5, 5.41) is 0. The van der Waals surface area contributed by atoms with Gasteiger partial charge in [0.05, 0.1) is 11.0 Å². The summed E-state index contributed by atoms with van der Waals surface area (Å²) in [5.74, 6) is -8.61. The zero-order chi connectivity index (χ0) is 16.6. The Bertz CT molecular complexity index is 875. The van der Waals surface area contributed by atoms with Gasteiger partial charge >= 0.3 is 5.97 Å². The number of fused-ring (bicyclic) bond motifs is 1. The molecule has 3 aromatic rings. The van der Waals surface area contributed by atoms with E-state index < -0.39 is 34.8 Å². The van der Waals surface area contributed by atoms with Crippen molar-refractivity contribution in [3.8, 4) is 0 Å². The second-order valence-corrected chi connectivity index (χ2v) is 4.62. The minimum Gasteiger partial charge on any atom is -0.454 e.